The number of carbonyl (C=O) groups excluding carboxylic acids is 1. The Morgan fingerprint density at radius 3 is 2.48 bits per heavy atom. The first-order chi connectivity index (χ1) is 13.9. The first kappa shape index (κ1) is 21.8. The molecule has 8 heteroatoms. The molecule has 1 amide bonds. The summed E-state index contributed by atoms with van der Waals surface area (Å²) in [6.45, 7) is 3.92. The number of aromatic nitrogens is 1. The Labute approximate surface area is 194 Å². The number of hydrogen-bond acceptors (Lipinski definition) is 3. The summed E-state index contributed by atoms with van der Waals surface area (Å²) in [5.41, 5.74) is 6.52. The molecule has 29 heavy (non-hydrogen) atoms. The SMILES string of the molecule is Cc1c(Br)c(/C=N/NC(=O)COc2cccc(Br)c2)c(C)n1-c1ccc(Br)cc1. The van der Waals surface area contributed by atoms with Crippen LogP contribution in [0.1, 0.15) is 17.0 Å². The molecule has 0 aliphatic carbocycles. The number of ether oxygens (including phenoxy) is 1. The van der Waals surface area contributed by atoms with Crippen LogP contribution in [0.25, 0.3) is 5.69 Å². The van der Waals surface area contributed by atoms with Crippen LogP contribution in [0.4, 0.5) is 0 Å². The number of benzene rings is 2. The maximum absolute atomic E-state index is 12.0. The van der Waals surface area contributed by atoms with E-state index >= 15 is 0 Å². The van der Waals surface area contributed by atoms with Crippen LogP contribution in [-0.2, 0) is 4.79 Å². The van der Waals surface area contributed by atoms with Crippen LogP contribution < -0.4 is 10.2 Å². The van der Waals surface area contributed by atoms with E-state index in [1.54, 1.807) is 18.3 Å². The summed E-state index contributed by atoms with van der Waals surface area (Å²) < 4.78 is 10.4. The zero-order valence-corrected chi connectivity index (χ0v) is 20.5. The zero-order chi connectivity index (χ0) is 21.0. The number of hydrazone groups is 1. The van der Waals surface area contributed by atoms with Gasteiger partial charge in [0.2, 0.25) is 0 Å². The molecule has 0 bridgehead atoms. The van der Waals surface area contributed by atoms with Gasteiger partial charge in [-0.3, -0.25) is 4.79 Å². The minimum absolute atomic E-state index is 0.118. The summed E-state index contributed by atoms with van der Waals surface area (Å²) in [5, 5.41) is 4.09. The molecule has 0 aliphatic rings. The summed E-state index contributed by atoms with van der Waals surface area (Å²) in [7, 11) is 0. The zero-order valence-electron chi connectivity index (χ0n) is 15.7. The maximum atomic E-state index is 12.0. The summed E-state index contributed by atoms with van der Waals surface area (Å²) in [6.07, 6.45) is 1.64. The van der Waals surface area contributed by atoms with Crippen molar-refractivity contribution >= 4 is 59.9 Å². The quantitative estimate of drug-likeness (QED) is 0.290. The van der Waals surface area contributed by atoms with Crippen molar-refractivity contribution in [3.63, 3.8) is 0 Å². The van der Waals surface area contributed by atoms with E-state index < -0.39 is 0 Å². The van der Waals surface area contributed by atoms with Crippen molar-refractivity contribution in [2.45, 2.75) is 13.8 Å². The molecule has 0 spiro atoms. The number of amides is 1. The van der Waals surface area contributed by atoms with Crippen LogP contribution in [0.2, 0.25) is 0 Å². The van der Waals surface area contributed by atoms with Crippen LogP contribution in [0.15, 0.2) is 67.1 Å². The van der Waals surface area contributed by atoms with Gasteiger partial charge in [0, 0.05) is 36.1 Å². The molecule has 0 fully saturated rings. The number of nitrogens with one attached hydrogen (secondary N) is 1. The number of halogens is 3. The molecule has 0 aliphatic heterocycles. The monoisotopic (exact) mass is 581 g/mol. The van der Waals surface area contributed by atoms with Crippen LogP contribution in [0.5, 0.6) is 5.75 Å². The largest absolute Gasteiger partial charge is 0.484 e. The normalized spacial score (nSPS) is 11.1. The third-order valence-corrected chi connectivity index (χ3v) is 6.27. The molecule has 1 heterocycles. The minimum Gasteiger partial charge on any atom is -0.484 e. The van der Waals surface area contributed by atoms with Crippen molar-refractivity contribution in [2.24, 2.45) is 5.10 Å². The number of rotatable bonds is 6. The summed E-state index contributed by atoms with van der Waals surface area (Å²) in [5.74, 6) is 0.276. The predicted molar refractivity (Wildman–Crippen MR) is 126 cm³/mol. The lowest BCUT2D eigenvalue weighted by atomic mass is 10.2. The first-order valence-corrected chi connectivity index (χ1v) is 11.1. The molecule has 0 atom stereocenters. The smallest absolute Gasteiger partial charge is 0.277 e. The van der Waals surface area contributed by atoms with E-state index in [2.05, 4.69) is 62.9 Å². The second-order valence-electron chi connectivity index (χ2n) is 6.25. The fourth-order valence-electron chi connectivity index (χ4n) is 2.86. The van der Waals surface area contributed by atoms with Gasteiger partial charge in [0.1, 0.15) is 5.75 Å². The van der Waals surface area contributed by atoms with Gasteiger partial charge in [0.05, 0.1) is 6.21 Å². The van der Waals surface area contributed by atoms with Crippen LogP contribution in [0, 0.1) is 13.8 Å². The Morgan fingerprint density at radius 1 is 1.07 bits per heavy atom. The highest BCUT2D eigenvalue weighted by atomic mass is 79.9. The highest BCUT2D eigenvalue weighted by Gasteiger charge is 2.15. The van der Waals surface area contributed by atoms with Gasteiger partial charge in [-0.15, -0.1) is 0 Å². The molecule has 0 saturated carbocycles. The third kappa shape index (κ3) is 5.38. The molecule has 3 rings (SSSR count). The van der Waals surface area contributed by atoms with Gasteiger partial charge in [-0.05, 0) is 72.2 Å². The maximum Gasteiger partial charge on any atom is 0.277 e. The van der Waals surface area contributed by atoms with Gasteiger partial charge < -0.3 is 9.30 Å². The summed E-state index contributed by atoms with van der Waals surface area (Å²) in [6, 6.07) is 15.4. The van der Waals surface area contributed by atoms with Crippen molar-refractivity contribution in [1.29, 1.82) is 0 Å². The van der Waals surface area contributed by atoms with Gasteiger partial charge in [-0.25, -0.2) is 5.43 Å². The molecule has 150 valence electrons. The molecular formula is C21H18Br3N3O2. The molecular weight excluding hydrogens is 566 g/mol. The molecule has 2 aromatic carbocycles. The van der Waals surface area contributed by atoms with Gasteiger partial charge in [0.15, 0.2) is 6.61 Å². The summed E-state index contributed by atoms with van der Waals surface area (Å²) in [4.78, 5) is 12.0. The van der Waals surface area contributed by atoms with Gasteiger partial charge in [0.25, 0.3) is 5.91 Å². The lowest BCUT2D eigenvalue weighted by Crippen LogP contribution is -2.24. The summed E-state index contributed by atoms with van der Waals surface area (Å²) >= 11 is 10.5. The van der Waals surface area contributed by atoms with Crippen molar-refractivity contribution in [3.8, 4) is 11.4 Å². The predicted octanol–water partition coefficient (Wildman–Crippen LogP) is 5.91. The standard InChI is InChI=1S/C21H18Br3N3O2/c1-13-19(21(24)14(2)27(13)17-8-6-15(22)7-9-17)11-25-26-20(28)12-29-18-5-3-4-16(23)10-18/h3-11H,12H2,1-2H3,(H,26,28)/b25-11+. The van der Waals surface area contributed by atoms with E-state index in [4.69, 9.17) is 4.74 Å². The van der Waals surface area contributed by atoms with Crippen molar-refractivity contribution in [3.05, 3.63) is 78.9 Å². The molecule has 0 unspecified atom stereocenters. The fraction of sp³-hybridized carbons (Fsp3) is 0.143. The van der Waals surface area contributed by atoms with Crippen molar-refractivity contribution in [2.75, 3.05) is 6.61 Å². The lowest BCUT2D eigenvalue weighted by molar-refractivity contribution is -0.123. The van der Waals surface area contributed by atoms with E-state index in [1.807, 2.05) is 50.2 Å². The lowest BCUT2D eigenvalue weighted by Gasteiger charge is -2.09. The Kier molecular flexibility index (Phi) is 7.32. The first-order valence-electron chi connectivity index (χ1n) is 8.70. The Hall–Kier alpha value is -1.90. The highest BCUT2D eigenvalue weighted by Crippen LogP contribution is 2.30. The fourth-order valence-corrected chi connectivity index (χ4v) is 4.07. The molecule has 1 N–H and O–H groups in total. The van der Waals surface area contributed by atoms with E-state index in [0.717, 1.165) is 36.1 Å². The molecule has 3 aromatic rings. The van der Waals surface area contributed by atoms with Crippen LogP contribution in [-0.4, -0.2) is 23.3 Å². The van der Waals surface area contributed by atoms with E-state index in [9.17, 15) is 4.79 Å². The molecule has 0 radical (unpaired) electrons. The number of hydrogen-bond donors (Lipinski definition) is 1. The molecule has 1 aromatic heterocycles. The minimum atomic E-state index is -0.334. The average Bonchev–Trinajstić information content (AvgIpc) is 2.90. The van der Waals surface area contributed by atoms with Crippen LogP contribution >= 0.6 is 47.8 Å². The highest BCUT2D eigenvalue weighted by molar-refractivity contribution is 9.11. The van der Waals surface area contributed by atoms with Crippen molar-refractivity contribution < 1.29 is 9.53 Å². The third-order valence-electron chi connectivity index (χ3n) is 4.25. The van der Waals surface area contributed by atoms with E-state index in [-0.39, 0.29) is 12.5 Å². The Bertz CT molecular complexity index is 1060. The van der Waals surface area contributed by atoms with Gasteiger partial charge >= 0.3 is 0 Å². The molecule has 5 nitrogen and oxygen atoms in total. The second-order valence-corrected chi connectivity index (χ2v) is 8.87. The number of nitrogens with zero attached hydrogens (tertiary/aromatic N) is 2. The topological polar surface area (TPSA) is 55.6 Å². The number of carbonyl (C=O) groups is 1. The van der Waals surface area contributed by atoms with E-state index in [0.29, 0.717) is 5.75 Å². The average molecular weight is 584 g/mol. The van der Waals surface area contributed by atoms with Gasteiger partial charge in [-0.2, -0.15) is 5.10 Å². The molecule has 0 saturated heterocycles. The Morgan fingerprint density at radius 2 is 1.79 bits per heavy atom. The second kappa shape index (κ2) is 9.73. The van der Waals surface area contributed by atoms with Gasteiger partial charge in [-0.1, -0.05) is 37.9 Å². The van der Waals surface area contributed by atoms with E-state index in [1.165, 1.54) is 0 Å². The van der Waals surface area contributed by atoms with Crippen LogP contribution in [0.3, 0.4) is 0 Å². The Balaban J connectivity index is 1.68. The van der Waals surface area contributed by atoms with Crippen molar-refractivity contribution in [1.82, 2.24) is 9.99 Å².